The van der Waals surface area contributed by atoms with Crippen LogP contribution >= 0.6 is 11.6 Å². The Labute approximate surface area is 88.2 Å². The van der Waals surface area contributed by atoms with Crippen LogP contribution in [0.25, 0.3) is 0 Å². The fourth-order valence-corrected chi connectivity index (χ4v) is 0.951. The maximum absolute atomic E-state index is 11.4. The third-order valence-corrected chi connectivity index (χ3v) is 1.94. The average Bonchev–Trinajstić information content (AvgIpc) is 2.07. The normalized spacial score (nSPS) is 11.1. The number of hydrogen-bond donors (Lipinski definition) is 2. The molecule has 1 amide bonds. The van der Waals surface area contributed by atoms with Crippen molar-refractivity contribution in [1.82, 2.24) is 0 Å². The van der Waals surface area contributed by atoms with Crippen molar-refractivity contribution >= 4 is 23.2 Å². The van der Waals surface area contributed by atoms with Gasteiger partial charge < -0.3 is 11.1 Å². The van der Waals surface area contributed by atoms with Crippen LogP contribution in [0.2, 0.25) is 5.02 Å². The van der Waals surface area contributed by atoms with Crippen molar-refractivity contribution in [3.8, 4) is 0 Å². The Morgan fingerprint density at radius 1 is 1.36 bits per heavy atom. The molecule has 4 heteroatoms. The Hall–Kier alpha value is -1.06. The van der Waals surface area contributed by atoms with E-state index in [-0.39, 0.29) is 5.91 Å². The largest absolute Gasteiger partial charge is 0.325 e. The second kappa shape index (κ2) is 3.98. The predicted molar refractivity (Wildman–Crippen MR) is 58.3 cm³/mol. The van der Waals surface area contributed by atoms with E-state index in [0.29, 0.717) is 10.7 Å². The van der Waals surface area contributed by atoms with Gasteiger partial charge in [-0.15, -0.1) is 0 Å². The molecule has 0 saturated heterocycles. The summed E-state index contributed by atoms with van der Waals surface area (Å²) in [4.78, 5) is 11.4. The van der Waals surface area contributed by atoms with Gasteiger partial charge in [0.05, 0.1) is 5.54 Å². The van der Waals surface area contributed by atoms with Crippen molar-refractivity contribution in [2.75, 3.05) is 5.32 Å². The third-order valence-electron chi connectivity index (χ3n) is 1.69. The smallest absolute Gasteiger partial charge is 0.243 e. The van der Waals surface area contributed by atoms with E-state index >= 15 is 0 Å². The number of amides is 1. The molecule has 0 aliphatic rings. The third kappa shape index (κ3) is 3.01. The molecule has 0 heterocycles. The maximum Gasteiger partial charge on any atom is 0.243 e. The maximum atomic E-state index is 11.4. The first kappa shape index (κ1) is 11.0. The molecule has 0 aliphatic heterocycles. The van der Waals surface area contributed by atoms with Crippen molar-refractivity contribution in [3.05, 3.63) is 29.3 Å². The lowest BCUT2D eigenvalue weighted by atomic mass is 10.1. The summed E-state index contributed by atoms with van der Waals surface area (Å²) in [5, 5.41) is 3.32. The highest BCUT2D eigenvalue weighted by Gasteiger charge is 2.21. The van der Waals surface area contributed by atoms with Crippen molar-refractivity contribution in [2.24, 2.45) is 5.73 Å². The summed E-state index contributed by atoms with van der Waals surface area (Å²) in [5.74, 6) is -0.222. The molecule has 1 aromatic rings. The second-order valence-electron chi connectivity index (χ2n) is 3.68. The molecular weight excluding hydrogens is 200 g/mol. The fourth-order valence-electron chi connectivity index (χ4n) is 0.825. The molecule has 1 aromatic carbocycles. The number of carbonyl (C=O) groups excluding carboxylic acids is 1. The Kier molecular flexibility index (Phi) is 3.13. The molecule has 0 radical (unpaired) electrons. The van der Waals surface area contributed by atoms with E-state index in [1.165, 1.54) is 0 Å². The summed E-state index contributed by atoms with van der Waals surface area (Å²) >= 11 is 5.70. The Bertz CT molecular complexity index is 327. The molecule has 0 spiro atoms. The fraction of sp³-hybridized carbons (Fsp3) is 0.300. The van der Waals surface area contributed by atoms with E-state index in [1.807, 2.05) is 0 Å². The molecule has 0 aromatic heterocycles. The van der Waals surface area contributed by atoms with Gasteiger partial charge in [0.2, 0.25) is 5.91 Å². The molecule has 0 aliphatic carbocycles. The minimum atomic E-state index is -0.875. The standard InChI is InChI=1S/C10H13ClN2O/c1-10(2,12)9(14)13-8-5-3-7(11)4-6-8/h3-6H,12H2,1-2H3,(H,13,14). The number of rotatable bonds is 2. The van der Waals surface area contributed by atoms with Crippen molar-refractivity contribution < 1.29 is 4.79 Å². The van der Waals surface area contributed by atoms with Crippen LogP contribution in [0, 0.1) is 0 Å². The molecule has 0 fully saturated rings. The van der Waals surface area contributed by atoms with E-state index in [1.54, 1.807) is 38.1 Å². The first-order valence-electron chi connectivity index (χ1n) is 4.25. The molecule has 0 unspecified atom stereocenters. The lowest BCUT2D eigenvalue weighted by molar-refractivity contribution is -0.120. The highest BCUT2D eigenvalue weighted by Crippen LogP contribution is 2.14. The number of nitrogens with one attached hydrogen (secondary N) is 1. The van der Waals surface area contributed by atoms with Crippen LogP contribution < -0.4 is 11.1 Å². The van der Waals surface area contributed by atoms with Gasteiger partial charge in [0, 0.05) is 10.7 Å². The predicted octanol–water partition coefficient (Wildman–Crippen LogP) is 2.02. The zero-order valence-electron chi connectivity index (χ0n) is 8.17. The highest BCUT2D eigenvalue weighted by atomic mass is 35.5. The van der Waals surface area contributed by atoms with E-state index in [4.69, 9.17) is 17.3 Å². The van der Waals surface area contributed by atoms with Crippen LogP contribution in [0.4, 0.5) is 5.69 Å². The second-order valence-corrected chi connectivity index (χ2v) is 4.12. The summed E-state index contributed by atoms with van der Waals surface area (Å²) in [6.07, 6.45) is 0. The topological polar surface area (TPSA) is 55.1 Å². The van der Waals surface area contributed by atoms with Crippen LogP contribution in [0.5, 0.6) is 0 Å². The minimum absolute atomic E-state index is 0.222. The summed E-state index contributed by atoms with van der Waals surface area (Å²) in [6.45, 7) is 3.30. The van der Waals surface area contributed by atoms with Gasteiger partial charge in [-0.1, -0.05) is 11.6 Å². The molecule has 3 N–H and O–H groups in total. The summed E-state index contributed by atoms with van der Waals surface area (Å²) in [5.41, 5.74) is 5.44. The number of hydrogen-bond acceptors (Lipinski definition) is 2. The van der Waals surface area contributed by atoms with Crippen LogP contribution in [0.15, 0.2) is 24.3 Å². The van der Waals surface area contributed by atoms with E-state index in [0.717, 1.165) is 0 Å². The Morgan fingerprint density at radius 3 is 2.29 bits per heavy atom. The number of halogens is 1. The lowest BCUT2D eigenvalue weighted by Crippen LogP contribution is -2.45. The number of benzene rings is 1. The van der Waals surface area contributed by atoms with Crippen LogP contribution in [0.1, 0.15) is 13.8 Å². The minimum Gasteiger partial charge on any atom is -0.325 e. The molecule has 0 bridgehead atoms. The number of anilines is 1. The van der Waals surface area contributed by atoms with E-state index in [2.05, 4.69) is 5.32 Å². The van der Waals surface area contributed by atoms with Gasteiger partial charge in [-0.05, 0) is 38.1 Å². The zero-order valence-corrected chi connectivity index (χ0v) is 8.93. The van der Waals surface area contributed by atoms with Gasteiger partial charge in [-0.3, -0.25) is 4.79 Å². The lowest BCUT2D eigenvalue weighted by Gasteiger charge is -2.17. The molecular formula is C10H13ClN2O. The number of nitrogens with two attached hydrogens (primary N) is 1. The zero-order chi connectivity index (χ0) is 10.8. The highest BCUT2D eigenvalue weighted by molar-refractivity contribution is 6.30. The molecule has 0 saturated carbocycles. The van der Waals surface area contributed by atoms with Gasteiger partial charge in [0.25, 0.3) is 0 Å². The van der Waals surface area contributed by atoms with E-state index < -0.39 is 5.54 Å². The van der Waals surface area contributed by atoms with Crippen molar-refractivity contribution in [2.45, 2.75) is 19.4 Å². The van der Waals surface area contributed by atoms with Crippen LogP contribution in [-0.2, 0) is 4.79 Å². The van der Waals surface area contributed by atoms with Crippen LogP contribution in [-0.4, -0.2) is 11.4 Å². The Morgan fingerprint density at radius 2 is 1.86 bits per heavy atom. The molecule has 14 heavy (non-hydrogen) atoms. The molecule has 76 valence electrons. The van der Waals surface area contributed by atoms with Gasteiger partial charge >= 0.3 is 0 Å². The van der Waals surface area contributed by atoms with Crippen LogP contribution in [0.3, 0.4) is 0 Å². The summed E-state index contributed by atoms with van der Waals surface area (Å²) in [7, 11) is 0. The van der Waals surface area contributed by atoms with Crippen molar-refractivity contribution in [3.63, 3.8) is 0 Å². The van der Waals surface area contributed by atoms with Gasteiger partial charge in [0.15, 0.2) is 0 Å². The van der Waals surface area contributed by atoms with Crippen molar-refractivity contribution in [1.29, 1.82) is 0 Å². The molecule has 0 atom stereocenters. The average molecular weight is 213 g/mol. The summed E-state index contributed by atoms with van der Waals surface area (Å²) < 4.78 is 0. The Balaban J connectivity index is 2.71. The van der Waals surface area contributed by atoms with Gasteiger partial charge in [-0.25, -0.2) is 0 Å². The SMILES string of the molecule is CC(C)(N)C(=O)Nc1ccc(Cl)cc1. The number of carbonyl (C=O) groups is 1. The monoisotopic (exact) mass is 212 g/mol. The summed E-state index contributed by atoms with van der Waals surface area (Å²) in [6, 6.07) is 6.87. The van der Waals surface area contributed by atoms with E-state index in [9.17, 15) is 4.79 Å². The van der Waals surface area contributed by atoms with Gasteiger partial charge in [0.1, 0.15) is 0 Å². The molecule has 3 nitrogen and oxygen atoms in total. The first-order chi connectivity index (χ1) is 6.39. The molecule has 1 rings (SSSR count). The quantitative estimate of drug-likeness (QED) is 0.788. The first-order valence-corrected chi connectivity index (χ1v) is 4.63. The van der Waals surface area contributed by atoms with Gasteiger partial charge in [-0.2, -0.15) is 0 Å².